The highest BCUT2D eigenvalue weighted by Gasteiger charge is 2.14. The molecule has 1 aromatic carbocycles. The smallest absolute Gasteiger partial charge is 0.122 e. The maximum absolute atomic E-state index is 5.54. The van der Waals surface area contributed by atoms with Gasteiger partial charge in [0.2, 0.25) is 0 Å². The number of nitrogens with zero attached hydrogens (tertiary/aromatic N) is 1. The fraction of sp³-hybridized carbons (Fsp3) is 0.400. The Hall–Kier alpha value is -1.39. The minimum absolute atomic E-state index is 0.400. The summed E-state index contributed by atoms with van der Waals surface area (Å²) in [6, 6.07) is 6.99. The molecule has 1 aliphatic rings. The topological polar surface area (TPSA) is 34.1 Å². The third-order valence-electron chi connectivity index (χ3n) is 3.62. The Morgan fingerprint density at radius 3 is 3.21 bits per heavy atom. The molecule has 4 heteroatoms. The van der Waals surface area contributed by atoms with E-state index in [9.17, 15) is 0 Å². The summed E-state index contributed by atoms with van der Waals surface area (Å²) in [6.45, 7) is 0.832. The predicted molar refractivity (Wildman–Crippen MR) is 77.9 cm³/mol. The summed E-state index contributed by atoms with van der Waals surface area (Å²) in [5.74, 6) is 1.07. The van der Waals surface area contributed by atoms with Crippen LogP contribution in [0.2, 0.25) is 0 Å². The van der Waals surface area contributed by atoms with Crippen molar-refractivity contribution in [3.8, 4) is 5.75 Å². The highest BCUT2D eigenvalue weighted by Crippen LogP contribution is 2.28. The average Bonchev–Trinajstić information content (AvgIpc) is 3.10. The molecule has 1 N–H and O–H groups in total. The molecule has 1 aliphatic heterocycles. The molecule has 0 aliphatic carbocycles. The molecule has 1 aromatic heterocycles. The van der Waals surface area contributed by atoms with E-state index in [4.69, 9.17) is 4.74 Å². The second-order valence-electron chi connectivity index (χ2n) is 4.82. The molecule has 3 rings (SSSR count). The van der Waals surface area contributed by atoms with Gasteiger partial charge in [0, 0.05) is 23.5 Å². The number of benzene rings is 1. The van der Waals surface area contributed by atoms with Crippen LogP contribution in [-0.4, -0.2) is 18.6 Å². The summed E-state index contributed by atoms with van der Waals surface area (Å²) in [7, 11) is 2.01. The maximum atomic E-state index is 5.54. The van der Waals surface area contributed by atoms with E-state index < -0.39 is 0 Å². The maximum Gasteiger partial charge on any atom is 0.122 e. The molecule has 0 saturated carbocycles. The quantitative estimate of drug-likeness (QED) is 0.910. The van der Waals surface area contributed by atoms with Crippen molar-refractivity contribution in [2.45, 2.75) is 25.3 Å². The first-order valence-corrected chi connectivity index (χ1v) is 7.55. The third kappa shape index (κ3) is 2.80. The van der Waals surface area contributed by atoms with E-state index in [-0.39, 0.29) is 0 Å². The second-order valence-corrected chi connectivity index (χ2v) is 5.74. The Balaban J connectivity index is 1.65. The molecule has 0 spiro atoms. The Bertz CT molecular complexity index is 539. The van der Waals surface area contributed by atoms with Crippen molar-refractivity contribution in [1.29, 1.82) is 0 Å². The van der Waals surface area contributed by atoms with Gasteiger partial charge in [-0.05, 0) is 37.1 Å². The van der Waals surface area contributed by atoms with Crippen molar-refractivity contribution < 1.29 is 4.74 Å². The van der Waals surface area contributed by atoms with Gasteiger partial charge in [0.15, 0.2) is 0 Å². The number of aromatic nitrogens is 1. The van der Waals surface area contributed by atoms with Gasteiger partial charge in [-0.15, -0.1) is 11.3 Å². The number of thiazole rings is 1. The van der Waals surface area contributed by atoms with E-state index in [0.717, 1.165) is 31.6 Å². The molecule has 0 bridgehead atoms. The molecule has 0 radical (unpaired) electrons. The molecule has 1 atom stereocenters. The first kappa shape index (κ1) is 12.6. The first-order chi connectivity index (χ1) is 9.36. The van der Waals surface area contributed by atoms with Gasteiger partial charge in [-0.3, -0.25) is 4.98 Å². The van der Waals surface area contributed by atoms with Crippen molar-refractivity contribution in [1.82, 2.24) is 10.3 Å². The number of hydrogen-bond acceptors (Lipinski definition) is 4. The zero-order valence-electron chi connectivity index (χ0n) is 11.1. The van der Waals surface area contributed by atoms with E-state index in [1.54, 1.807) is 11.3 Å². The van der Waals surface area contributed by atoms with E-state index >= 15 is 0 Å². The van der Waals surface area contributed by atoms with Crippen LogP contribution in [0, 0.1) is 0 Å². The zero-order chi connectivity index (χ0) is 13.1. The van der Waals surface area contributed by atoms with E-state index in [1.807, 2.05) is 18.8 Å². The van der Waals surface area contributed by atoms with Crippen molar-refractivity contribution in [3.63, 3.8) is 0 Å². The molecule has 0 fully saturated rings. The molecule has 1 unspecified atom stereocenters. The number of rotatable bonds is 5. The number of hydrogen-bond donors (Lipinski definition) is 1. The molecular weight excluding hydrogens is 256 g/mol. The van der Waals surface area contributed by atoms with Crippen LogP contribution < -0.4 is 10.1 Å². The van der Waals surface area contributed by atoms with Crippen molar-refractivity contribution in [2.24, 2.45) is 0 Å². The van der Waals surface area contributed by atoms with Gasteiger partial charge in [-0.2, -0.15) is 0 Å². The van der Waals surface area contributed by atoms with Gasteiger partial charge >= 0.3 is 0 Å². The molecule has 3 nitrogen and oxygen atoms in total. The number of nitrogens with one attached hydrogen (secondary N) is 1. The molecule has 100 valence electrons. The van der Waals surface area contributed by atoms with Crippen LogP contribution in [0.4, 0.5) is 0 Å². The summed E-state index contributed by atoms with van der Waals surface area (Å²) in [5, 5.41) is 3.37. The highest BCUT2D eigenvalue weighted by atomic mass is 32.1. The highest BCUT2D eigenvalue weighted by molar-refractivity contribution is 7.09. The van der Waals surface area contributed by atoms with Gasteiger partial charge in [-0.1, -0.05) is 12.1 Å². The predicted octanol–water partition coefficient (Wildman–Crippen LogP) is 2.97. The Kier molecular flexibility index (Phi) is 3.80. The lowest BCUT2D eigenvalue weighted by Gasteiger charge is -2.14. The van der Waals surface area contributed by atoms with E-state index in [0.29, 0.717) is 6.04 Å². The Morgan fingerprint density at radius 2 is 2.42 bits per heavy atom. The molecule has 2 heterocycles. The van der Waals surface area contributed by atoms with Gasteiger partial charge < -0.3 is 10.1 Å². The van der Waals surface area contributed by atoms with Crippen LogP contribution in [0.3, 0.4) is 0 Å². The van der Waals surface area contributed by atoms with Gasteiger partial charge in [0.1, 0.15) is 5.75 Å². The summed E-state index contributed by atoms with van der Waals surface area (Å²) >= 11 is 1.72. The molecule has 0 amide bonds. The van der Waals surface area contributed by atoms with Gasteiger partial charge in [0.05, 0.1) is 12.1 Å². The SMILES string of the molecule is CNC(CCc1ccc2c(c1)CCO2)c1cncs1. The van der Waals surface area contributed by atoms with Crippen molar-refractivity contribution in [2.75, 3.05) is 13.7 Å². The fourth-order valence-electron chi connectivity index (χ4n) is 2.53. The lowest BCUT2D eigenvalue weighted by Crippen LogP contribution is -2.15. The minimum atomic E-state index is 0.400. The largest absolute Gasteiger partial charge is 0.493 e. The Morgan fingerprint density at radius 1 is 1.47 bits per heavy atom. The van der Waals surface area contributed by atoms with E-state index in [2.05, 4.69) is 28.5 Å². The van der Waals surface area contributed by atoms with Gasteiger partial charge in [0.25, 0.3) is 0 Å². The minimum Gasteiger partial charge on any atom is -0.493 e. The van der Waals surface area contributed by atoms with Crippen LogP contribution in [-0.2, 0) is 12.8 Å². The molecule has 0 saturated heterocycles. The lowest BCUT2D eigenvalue weighted by atomic mass is 10.0. The number of fused-ring (bicyclic) bond motifs is 1. The first-order valence-electron chi connectivity index (χ1n) is 6.67. The van der Waals surface area contributed by atoms with Crippen LogP contribution in [0.5, 0.6) is 5.75 Å². The standard InChI is InChI=1S/C15H18N2OS/c1-16-13(15-9-17-10-19-15)4-2-11-3-5-14-12(8-11)6-7-18-14/h3,5,8-10,13,16H,2,4,6-7H2,1H3. The average molecular weight is 274 g/mol. The number of aryl methyl sites for hydroxylation is 1. The van der Waals surface area contributed by atoms with Crippen LogP contribution in [0.25, 0.3) is 0 Å². The number of ether oxygens (including phenoxy) is 1. The summed E-state index contributed by atoms with van der Waals surface area (Å²) in [4.78, 5) is 5.47. The van der Waals surface area contributed by atoms with Crippen LogP contribution in [0.15, 0.2) is 29.9 Å². The lowest BCUT2D eigenvalue weighted by molar-refractivity contribution is 0.357. The van der Waals surface area contributed by atoms with Crippen LogP contribution in [0.1, 0.15) is 28.5 Å². The zero-order valence-corrected chi connectivity index (χ0v) is 11.9. The fourth-order valence-corrected chi connectivity index (χ4v) is 3.30. The monoisotopic (exact) mass is 274 g/mol. The summed E-state index contributed by atoms with van der Waals surface area (Å²) in [6.07, 6.45) is 5.19. The summed E-state index contributed by atoms with van der Waals surface area (Å²) < 4.78 is 5.54. The summed E-state index contributed by atoms with van der Waals surface area (Å²) in [5.41, 5.74) is 4.65. The van der Waals surface area contributed by atoms with Crippen molar-refractivity contribution in [3.05, 3.63) is 45.9 Å². The van der Waals surface area contributed by atoms with E-state index in [1.165, 1.54) is 16.0 Å². The van der Waals surface area contributed by atoms with Crippen LogP contribution >= 0.6 is 11.3 Å². The molecule has 19 heavy (non-hydrogen) atoms. The second kappa shape index (κ2) is 5.72. The van der Waals surface area contributed by atoms with Crippen molar-refractivity contribution >= 4 is 11.3 Å². The Labute approximate surface area is 117 Å². The normalized spacial score (nSPS) is 15.0. The van der Waals surface area contributed by atoms with Gasteiger partial charge in [-0.25, -0.2) is 0 Å². The third-order valence-corrected chi connectivity index (χ3v) is 4.51. The molecular formula is C15H18N2OS. The molecule has 2 aromatic rings.